The van der Waals surface area contributed by atoms with Gasteiger partial charge in [0.25, 0.3) is 0 Å². The molecule has 17 nitrogen and oxygen atoms in total. The third-order valence-electron chi connectivity index (χ3n) is 8.22. The van der Waals surface area contributed by atoms with Crippen LogP contribution in [0.4, 0.5) is 0 Å². The van der Waals surface area contributed by atoms with Crippen molar-refractivity contribution in [2.45, 2.75) is 117 Å². The molecule has 0 aromatic carbocycles. The molecule has 0 bridgehead atoms. The van der Waals surface area contributed by atoms with Gasteiger partial charge in [0.15, 0.2) is 18.9 Å². The van der Waals surface area contributed by atoms with Gasteiger partial charge in [0.2, 0.25) is 0 Å². The van der Waals surface area contributed by atoms with Gasteiger partial charge in [-0.25, -0.2) is 0 Å². The lowest BCUT2D eigenvalue weighted by Gasteiger charge is -2.51. The summed E-state index contributed by atoms with van der Waals surface area (Å²) in [6.07, 6.45) is -13.8. The zero-order valence-electron chi connectivity index (χ0n) is 22.3. The highest BCUT2D eigenvalue weighted by molar-refractivity contribution is 5.02. The molecule has 0 aromatic rings. The number of fused-ring (bicyclic) bond motifs is 1. The number of rotatable bonds is 9. The molecule has 4 rings (SSSR count). The fourth-order valence-corrected chi connectivity index (χ4v) is 5.86. The molecule has 4 aliphatic rings. The quantitative estimate of drug-likeness (QED) is 0.120. The van der Waals surface area contributed by atoms with Crippen LogP contribution in [0.3, 0.4) is 0 Å². The van der Waals surface area contributed by atoms with E-state index in [0.717, 1.165) is 0 Å². The van der Waals surface area contributed by atoms with Gasteiger partial charge < -0.3 is 87.3 Å². The van der Waals surface area contributed by atoms with E-state index in [1.807, 2.05) is 0 Å². The monoisotopic (exact) mass is 583 g/mol. The van der Waals surface area contributed by atoms with E-state index in [1.165, 1.54) is 0 Å². The summed E-state index contributed by atoms with van der Waals surface area (Å²) >= 11 is 0. The molecular weight excluding hydrogens is 538 g/mol. The SMILES string of the molecule is CN[C@@H]1[C@@H](OC2OC(CO)C(N)C(O)C2O)O[C@H]2C[C@@H](N)[C@@H](OC3C(NCCO)CC(N)C(O)C3O)O[C@@H]2[C@@H]1O. The predicted octanol–water partition coefficient (Wildman–Crippen LogP) is -7.33. The molecule has 17 atom stereocenters. The smallest absolute Gasteiger partial charge is 0.189 e. The molecule has 15 N–H and O–H groups in total. The van der Waals surface area contributed by atoms with Gasteiger partial charge in [-0.15, -0.1) is 0 Å². The molecule has 0 spiro atoms. The molecule has 1 aliphatic carbocycles. The zero-order valence-corrected chi connectivity index (χ0v) is 22.3. The Morgan fingerprint density at radius 2 is 1.50 bits per heavy atom. The van der Waals surface area contributed by atoms with Crippen molar-refractivity contribution in [1.29, 1.82) is 0 Å². The normalized spacial score (nSPS) is 51.8. The van der Waals surface area contributed by atoms with Crippen LogP contribution in [-0.4, -0.2) is 167 Å². The van der Waals surface area contributed by atoms with Crippen molar-refractivity contribution in [2.24, 2.45) is 17.2 Å². The maximum absolute atomic E-state index is 11.2. The lowest BCUT2D eigenvalue weighted by Crippen LogP contribution is -2.70. The first-order valence-corrected chi connectivity index (χ1v) is 13.6. The Balaban J connectivity index is 1.44. The first kappa shape index (κ1) is 32.2. The van der Waals surface area contributed by atoms with Crippen molar-refractivity contribution in [3.8, 4) is 0 Å². The second-order valence-electron chi connectivity index (χ2n) is 10.9. The van der Waals surface area contributed by atoms with Crippen LogP contribution < -0.4 is 27.8 Å². The van der Waals surface area contributed by atoms with E-state index < -0.39 is 111 Å². The van der Waals surface area contributed by atoms with E-state index >= 15 is 0 Å². The predicted molar refractivity (Wildman–Crippen MR) is 134 cm³/mol. The molecule has 3 aliphatic heterocycles. The van der Waals surface area contributed by atoms with Crippen LogP contribution in [0.5, 0.6) is 0 Å². The topological polar surface area (TPSA) is 290 Å². The van der Waals surface area contributed by atoms with Crippen molar-refractivity contribution in [1.82, 2.24) is 10.6 Å². The van der Waals surface area contributed by atoms with Gasteiger partial charge in [-0.3, -0.25) is 0 Å². The maximum atomic E-state index is 11.2. The van der Waals surface area contributed by atoms with Crippen molar-refractivity contribution in [3.63, 3.8) is 0 Å². The van der Waals surface area contributed by atoms with Gasteiger partial charge in [-0.2, -0.15) is 0 Å². The number of aliphatic hydroxyl groups is 7. The van der Waals surface area contributed by atoms with Gasteiger partial charge in [-0.05, 0) is 19.9 Å². The summed E-state index contributed by atoms with van der Waals surface area (Å²) in [5.74, 6) is 0. The Morgan fingerprint density at radius 1 is 0.775 bits per heavy atom. The van der Waals surface area contributed by atoms with Crippen LogP contribution in [0, 0.1) is 0 Å². The summed E-state index contributed by atoms with van der Waals surface area (Å²) in [5, 5.41) is 77.7. The average molecular weight is 584 g/mol. The van der Waals surface area contributed by atoms with Crippen LogP contribution in [0.2, 0.25) is 0 Å². The molecule has 3 saturated heterocycles. The van der Waals surface area contributed by atoms with Crippen molar-refractivity contribution in [3.05, 3.63) is 0 Å². The highest BCUT2D eigenvalue weighted by Gasteiger charge is 2.54. The van der Waals surface area contributed by atoms with Crippen molar-refractivity contribution >= 4 is 0 Å². The number of aliphatic hydroxyl groups excluding tert-OH is 7. The molecular formula is C23H45N5O12. The van der Waals surface area contributed by atoms with E-state index in [2.05, 4.69) is 10.6 Å². The van der Waals surface area contributed by atoms with E-state index in [4.69, 9.17) is 40.9 Å². The molecule has 0 aromatic heterocycles. The molecule has 0 radical (unpaired) electrons. The summed E-state index contributed by atoms with van der Waals surface area (Å²) in [5.41, 5.74) is 18.1. The summed E-state index contributed by atoms with van der Waals surface area (Å²) in [6, 6.07) is -3.95. The van der Waals surface area contributed by atoms with Crippen LogP contribution in [0.15, 0.2) is 0 Å². The van der Waals surface area contributed by atoms with Crippen LogP contribution in [0.1, 0.15) is 12.8 Å². The zero-order chi connectivity index (χ0) is 29.3. The average Bonchev–Trinajstić information content (AvgIpc) is 2.93. The fourth-order valence-electron chi connectivity index (χ4n) is 5.86. The molecule has 234 valence electrons. The van der Waals surface area contributed by atoms with Gasteiger partial charge in [0.05, 0.1) is 43.5 Å². The minimum atomic E-state index is -1.55. The van der Waals surface area contributed by atoms with E-state index in [0.29, 0.717) is 0 Å². The number of ether oxygens (including phenoxy) is 5. The first-order chi connectivity index (χ1) is 19.0. The van der Waals surface area contributed by atoms with E-state index in [-0.39, 0.29) is 26.0 Å². The standard InChI is InChI=1S/C23H45N5O12/c1-27-13-16(33)20-10(36-22(13)40-23-18(35)15(32)12(26)11(6-30)37-23)5-8(25)21(39-20)38-19-9(28-2-3-29)4-7(24)14(31)17(19)34/h7-23,27-35H,2-6,24-26H2,1H3/t7?,8-,9?,10+,11?,12?,13+,14?,15?,16-,17?,18?,19?,20+,21+,22-,23?/m1/s1. The summed E-state index contributed by atoms with van der Waals surface area (Å²) in [7, 11) is 1.55. The first-order valence-electron chi connectivity index (χ1n) is 13.6. The van der Waals surface area contributed by atoms with Gasteiger partial charge in [0, 0.05) is 18.6 Å². The van der Waals surface area contributed by atoms with Crippen molar-refractivity contribution in [2.75, 3.05) is 26.8 Å². The maximum Gasteiger partial charge on any atom is 0.189 e. The van der Waals surface area contributed by atoms with Crippen LogP contribution in [-0.2, 0) is 23.7 Å². The Labute approximate surface area is 231 Å². The highest BCUT2D eigenvalue weighted by atomic mass is 16.8. The molecule has 1 saturated carbocycles. The Hall–Kier alpha value is -0.680. The molecule has 40 heavy (non-hydrogen) atoms. The number of nitrogens with two attached hydrogens (primary N) is 3. The summed E-state index contributed by atoms with van der Waals surface area (Å²) in [6.45, 7) is -0.465. The third-order valence-corrected chi connectivity index (χ3v) is 8.22. The molecule has 10 unspecified atom stereocenters. The third kappa shape index (κ3) is 6.46. The van der Waals surface area contributed by atoms with Gasteiger partial charge in [-0.1, -0.05) is 0 Å². The molecule has 0 amide bonds. The molecule has 3 heterocycles. The number of nitrogens with one attached hydrogen (secondary N) is 2. The van der Waals surface area contributed by atoms with Crippen LogP contribution >= 0.6 is 0 Å². The lowest BCUT2D eigenvalue weighted by molar-refractivity contribution is -0.373. The Morgan fingerprint density at radius 3 is 2.15 bits per heavy atom. The second-order valence-corrected chi connectivity index (χ2v) is 10.9. The second kappa shape index (κ2) is 13.7. The summed E-state index contributed by atoms with van der Waals surface area (Å²) in [4.78, 5) is 0. The number of hydrogen-bond donors (Lipinski definition) is 12. The van der Waals surface area contributed by atoms with Gasteiger partial charge in [0.1, 0.15) is 42.7 Å². The lowest BCUT2D eigenvalue weighted by atomic mass is 9.84. The fraction of sp³-hybridized carbons (Fsp3) is 1.00. The summed E-state index contributed by atoms with van der Waals surface area (Å²) < 4.78 is 29.5. The van der Waals surface area contributed by atoms with Crippen molar-refractivity contribution < 1.29 is 59.4 Å². The highest BCUT2D eigenvalue weighted by Crippen LogP contribution is 2.35. The minimum absolute atomic E-state index is 0.142. The largest absolute Gasteiger partial charge is 0.395 e. The Bertz CT molecular complexity index is 803. The number of likely N-dealkylation sites (N-methyl/N-ethyl adjacent to an activating group) is 1. The molecule has 4 fully saturated rings. The van der Waals surface area contributed by atoms with E-state index in [9.17, 15) is 35.7 Å². The molecule has 17 heteroatoms. The number of hydrogen-bond acceptors (Lipinski definition) is 17. The Kier molecular flexibility index (Phi) is 11.1. The van der Waals surface area contributed by atoms with Gasteiger partial charge >= 0.3 is 0 Å². The van der Waals surface area contributed by atoms with Crippen LogP contribution in [0.25, 0.3) is 0 Å². The minimum Gasteiger partial charge on any atom is -0.395 e. The van der Waals surface area contributed by atoms with E-state index in [1.54, 1.807) is 7.05 Å².